The van der Waals surface area contributed by atoms with Crippen LogP contribution in [0.5, 0.6) is 11.5 Å². The Labute approximate surface area is 178 Å². The van der Waals surface area contributed by atoms with Gasteiger partial charge in [-0.2, -0.15) is 0 Å². The molecule has 1 aromatic rings. The van der Waals surface area contributed by atoms with Crippen molar-refractivity contribution in [3.63, 3.8) is 0 Å². The molecular formula is C21H35N3O6. The zero-order valence-electron chi connectivity index (χ0n) is 17.7. The first kappa shape index (κ1) is 23.2. The molecule has 3 rings (SSSR count). The summed E-state index contributed by atoms with van der Waals surface area (Å²) in [5, 5.41) is 3.47. The quantitative estimate of drug-likeness (QED) is 0.600. The van der Waals surface area contributed by atoms with Gasteiger partial charge < -0.3 is 33.7 Å². The van der Waals surface area contributed by atoms with Crippen LogP contribution in [0.2, 0.25) is 0 Å². The Kier molecular flexibility index (Phi) is 11.2. The Balaban J connectivity index is 1.60. The lowest BCUT2D eigenvalue weighted by molar-refractivity contribution is -0.00842. The van der Waals surface area contributed by atoms with Crippen molar-refractivity contribution in [3.05, 3.63) is 23.8 Å². The van der Waals surface area contributed by atoms with Crippen molar-refractivity contribution in [1.29, 1.82) is 0 Å². The largest absolute Gasteiger partial charge is 0.487 e. The van der Waals surface area contributed by atoms with Crippen molar-refractivity contribution in [2.75, 3.05) is 85.7 Å². The molecule has 9 nitrogen and oxygen atoms in total. The first-order valence-corrected chi connectivity index (χ1v) is 10.8. The van der Waals surface area contributed by atoms with Gasteiger partial charge in [-0.3, -0.25) is 5.43 Å². The van der Waals surface area contributed by atoms with Gasteiger partial charge in [0.2, 0.25) is 0 Å². The van der Waals surface area contributed by atoms with Crippen LogP contribution in [0.3, 0.4) is 0 Å². The van der Waals surface area contributed by atoms with E-state index in [4.69, 9.17) is 28.4 Å². The molecule has 3 N–H and O–H groups in total. The summed E-state index contributed by atoms with van der Waals surface area (Å²) < 4.78 is 34.0. The van der Waals surface area contributed by atoms with Gasteiger partial charge in [0.15, 0.2) is 11.5 Å². The molecule has 0 bridgehead atoms. The van der Waals surface area contributed by atoms with Crippen molar-refractivity contribution >= 4 is 0 Å². The van der Waals surface area contributed by atoms with E-state index in [9.17, 15) is 0 Å². The van der Waals surface area contributed by atoms with E-state index in [2.05, 4.69) is 22.2 Å². The molecule has 1 atom stereocenters. The summed E-state index contributed by atoms with van der Waals surface area (Å²) in [7, 11) is 0. The molecule has 0 aromatic heterocycles. The van der Waals surface area contributed by atoms with Gasteiger partial charge in [0.25, 0.3) is 0 Å². The van der Waals surface area contributed by atoms with Crippen LogP contribution in [-0.2, 0) is 18.9 Å². The van der Waals surface area contributed by atoms with Gasteiger partial charge >= 0.3 is 0 Å². The number of nitrogens with one attached hydrogen (secondary N) is 3. The van der Waals surface area contributed by atoms with E-state index < -0.39 is 0 Å². The topological polar surface area (TPSA) is 91.5 Å². The first-order chi connectivity index (χ1) is 14.9. The van der Waals surface area contributed by atoms with Crippen LogP contribution in [0.25, 0.3) is 0 Å². The van der Waals surface area contributed by atoms with E-state index >= 15 is 0 Å². The average molecular weight is 426 g/mol. The second-order valence-corrected chi connectivity index (χ2v) is 7.03. The van der Waals surface area contributed by atoms with Gasteiger partial charge in [-0.1, -0.05) is 6.07 Å². The van der Waals surface area contributed by atoms with E-state index in [1.165, 1.54) is 0 Å². The molecule has 0 saturated carbocycles. The summed E-state index contributed by atoms with van der Waals surface area (Å²) in [4.78, 5) is 0. The SMILES string of the molecule is c1cc2c(cc1C1CNCCCNN1)OCCOCCOCCOCCOCCO2. The highest BCUT2D eigenvalue weighted by molar-refractivity contribution is 5.44. The average Bonchev–Trinajstić information content (AvgIpc) is 2.73. The van der Waals surface area contributed by atoms with Crippen LogP contribution in [0, 0.1) is 0 Å². The lowest BCUT2D eigenvalue weighted by Crippen LogP contribution is -2.44. The smallest absolute Gasteiger partial charge is 0.161 e. The normalized spacial score (nSPS) is 24.1. The monoisotopic (exact) mass is 425 g/mol. The van der Waals surface area contributed by atoms with E-state index in [1.807, 2.05) is 12.1 Å². The van der Waals surface area contributed by atoms with Gasteiger partial charge in [0, 0.05) is 13.1 Å². The van der Waals surface area contributed by atoms with Crippen LogP contribution in [-0.4, -0.2) is 85.7 Å². The third-order valence-electron chi connectivity index (χ3n) is 4.74. The summed E-state index contributed by atoms with van der Waals surface area (Å²) in [6.45, 7) is 7.87. The van der Waals surface area contributed by atoms with Crippen LogP contribution in [0.15, 0.2) is 18.2 Å². The van der Waals surface area contributed by atoms with Gasteiger partial charge in [0.05, 0.1) is 58.9 Å². The highest BCUT2D eigenvalue weighted by Gasteiger charge is 2.16. The predicted molar refractivity (Wildman–Crippen MR) is 112 cm³/mol. The minimum Gasteiger partial charge on any atom is -0.487 e. The zero-order chi connectivity index (χ0) is 20.7. The van der Waals surface area contributed by atoms with Crippen LogP contribution >= 0.6 is 0 Å². The maximum absolute atomic E-state index is 6.00. The minimum atomic E-state index is 0.143. The molecular weight excluding hydrogens is 390 g/mol. The Morgan fingerprint density at radius 3 is 1.93 bits per heavy atom. The number of fused-ring (bicyclic) bond motifs is 1. The molecule has 170 valence electrons. The molecule has 2 heterocycles. The molecule has 1 fully saturated rings. The van der Waals surface area contributed by atoms with Gasteiger partial charge in [-0.25, -0.2) is 5.43 Å². The van der Waals surface area contributed by atoms with Gasteiger partial charge in [-0.05, 0) is 30.7 Å². The van der Waals surface area contributed by atoms with E-state index in [-0.39, 0.29) is 6.04 Å². The van der Waals surface area contributed by atoms with Gasteiger partial charge in [0.1, 0.15) is 13.2 Å². The van der Waals surface area contributed by atoms with Crippen LogP contribution in [0.1, 0.15) is 18.0 Å². The summed E-state index contributed by atoms with van der Waals surface area (Å²) in [5.74, 6) is 1.41. The summed E-state index contributed by atoms with van der Waals surface area (Å²) in [6.07, 6.45) is 1.10. The third-order valence-corrected chi connectivity index (χ3v) is 4.74. The van der Waals surface area contributed by atoms with E-state index in [0.29, 0.717) is 77.6 Å². The molecule has 1 unspecified atom stereocenters. The van der Waals surface area contributed by atoms with E-state index in [0.717, 1.165) is 31.6 Å². The molecule has 9 heteroatoms. The molecule has 2 aliphatic heterocycles. The van der Waals surface area contributed by atoms with Crippen LogP contribution in [0.4, 0.5) is 0 Å². The molecule has 0 aliphatic carbocycles. The Bertz CT molecular complexity index is 584. The van der Waals surface area contributed by atoms with Crippen molar-refractivity contribution in [3.8, 4) is 11.5 Å². The van der Waals surface area contributed by atoms with Gasteiger partial charge in [-0.15, -0.1) is 0 Å². The highest BCUT2D eigenvalue weighted by Crippen LogP contribution is 2.30. The van der Waals surface area contributed by atoms with E-state index in [1.54, 1.807) is 0 Å². The maximum Gasteiger partial charge on any atom is 0.161 e. The lowest BCUT2D eigenvalue weighted by atomic mass is 10.1. The summed E-state index contributed by atoms with van der Waals surface area (Å²) in [5.41, 5.74) is 7.79. The maximum atomic E-state index is 6.00. The summed E-state index contributed by atoms with van der Waals surface area (Å²) >= 11 is 0. The second kappa shape index (κ2) is 14.5. The number of ether oxygens (including phenoxy) is 6. The number of hydrazine groups is 1. The fourth-order valence-corrected chi connectivity index (χ4v) is 3.15. The minimum absolute atomic E-state index is 0.143. The Hall–Kier alpha value is -1.46. The number of hydrogen-bond donors (Lipinski definition) is 3. The molecule has 2 aliphatic rings. The number of hydrogen-bond acceptors (Lipinski definition) is 9. The zero-order valence-corrected chi connectivity index (χ0v) is 17.7. The highest BCUT2D eigenvalue weighted by atomic mass is 16.6. The first-order valence-electron chi connectivity index (χ1n) is 10.8. The van der Waals surface area contributed by atoms with Crippen molar-refractivity contribution < 1.29 is 28.4 Å². The Morgan fingerprint density at radius 1 is 0.667 bits per heavy atom. The van der Waals surface area contributed by atoms with Crippen molar-refractivity contribution in [2.45, 2.75) is 12.5 Å². The molecule has 0 spiro atoms. The third kappa shape index (κ3) is 8.73. The number of benzene rings is 1. The van der Waals surface area contributed by atoms with Crippen LogP contribution < -0.4 is 25.6 Å². The standard InChI is InChI=1S/C21H35N3O6/c1-4-22-17-19(24-23-5-1)18-2-3-20-21(16-18)30-15-13-28-11-9-26-7-6-25-8-10-27-12-14-29-20/h2-3,16,19,22-24H,1,4-15,17H2. The second-order valence-electron chi connectivity index (χ2n) is 7.03. The molecule has 1 aromatic carbocycles. The Morgan fingerprint density at radius 2 is 1.27 bits per heavy atom. The fraction of sp³-hybridized carbons (Fsp3) is 0.714. The molecule has 0 amide bonds. The predicted octanol–water partition coefficient (Wildman–Crippen LogP) is 0.653. The molecule has 30 heavy (non-hydrogen) atoms. The van der Waals surface area contributed by atoms with Crippen molar-refractivity contribution in [2.24, 2.45) is 0 Å². The molecule has 0 radical (unpaired) electrons. The fourth-order valence-electron chi connectivity index (χ4n) is 3.15. The number of rotatable bonds is 1. The molecule has 1 saturated heterocycles. The summed E-state index contributed by atoms with van der Waals surface area (Å²) in [6, 6.07) is 6.21. The lowest BCUT2D eigenvalue weighted by Gasteiger charge is -2.24. The van der Waals surface area contributed by atoms with Crippen molar-refractivity contribution in [1.82, 2.24) is 16.2 Å².